The molecule has 5 nitrogen and oxygen atoms in total. The van der Waals surface area contributed by atoms with E-state index in [0.29, 0.717) is 19.1 Å². The van der Waals surface area contributed by atoms with Crippen LogP contribution in [0, 0.1) is 0 Å². The first kappa shape index (κ1) is 15.0. The van der Waals surface area contributed by atoms with E-state index in [1.165, 1.54) is 12.8 Å². The van der Waals surface area contributed by atoms with Gasteiger partial charge in [0.05, 0.1) is 13.0 Å². The molecule has 0 aliphatic heterocycles. The Bertz CT molecular complexity index is 286. The topological polar surface area (TPSA) is 69.6 Å². The van der Waals surface area contributed by atoms with Crippen LogP contribution in [0.5, 0.6) is 0 Å². The van der Waals surface area contributed by atoms with E-state index in [4.69, 9.17) is 5.11 Å². The summed E-state index contributed by atoms with van der Waals surface area (Å²) in [6.07, 6.45) is 4.61. The molecule has 0 unspecified atom stereocenters. The second-order valence-corrected chi connectivity index (χ2v) is 5.26. The first-order valence-electron chi connectivity index (χ1n) is 6.74. The van der Waals surface area contributed by atoms with Crippen molar-refractivity contribution < 1.29 is 14.7 Å². The second kappa shape index (κ2) is 7.36. The molecule has 1 saturated carbocycles. The zero-order valence-electron chi connectivity index (χ0n) is 11.3. The van der Waals surface area contributed by atoms with Crippen LogP contribution in [0.25, 0.3) is 0 Å². The van der Waals surface area contributed by atoms with E-state index < -0.39 is 5.97 Å². The van der Waals surface area contributed by atoms with Crippen LogP contribution in [-0.4, -0.2) is 47.1 Å². The molecule has 0 aromatic carbocycles. The van der Waals surface area contributed by atoms with Crippen LogP contribution in [-0.2, 0) is 9.59 Å². The van der Waals surface area contributed by atoms with Gasteiger partial charge in [0, 0.05) is 18.6 Å². The summed E-state index contributed by atoms with van der Waals surface area (Å²) in [6.45, 7) is 4.67. The minimum absolute atomic E-state index is 0.0148. The third-order valence-corrected chi connectivity index (χ3v) is 3.41. The Hall–Kier alpha value is -1.10. The summed E-state index contributed by atoms with van der Waals surface area (Å²) in [6, 6.07) is 0.504. The van der Waals surface area contributed by atoms with Gasteiger partial charge in [0.1, 0.15) is 0 Å². The van der Waals surface area contributed by atoms with Gasteiger partial charge in [-0.1, -0.05) is 12.8 Å². The number of carboxylic acid groups (broad SMARTS) is 1. The fraction of sp³-hybridized carbons (Fsp3) is 0.846. The molecule has 1 aliphatic rings. The zero-order chi connectivity index (χ0) is 13.5. The third kappa shape index (κ3) is 5.49. The summed E-state index contributed by atoms with van der Waals surface area (Å²) >= 11 is 0. The van der Waals surface area contributed by atoms with Gasteiger partial charge in [-0.15, -0.1) is 0 Å². The molecule has 0 bridgehead atoms. The van der Waals surface area contributed by atoms with Gasteiger partial charge in [-0.05, 0) is 26.7 Å². The van der Waals surface area contributed by atoms with Crippen molar-refractivity contribution in [2.75, 3.05) is 13.1 Å². The molecule has 1 rings (SSSR count). The van der Waals surface area contributed by atoms with Crippen LogP contribution in [0.4, 0.5) is 0 Å². The standard InChI is InChI=1S/C13H24N2O3/c1-10(2)15(8-7-13(17)18)9-12(16)14-11-5-3-4-6-11/h10-11H,3-9H2,1-2H3,(H,14,16)(H,17,18). The van der Waals surface area contributed by atoms with Gasteiger partial charge < -0.3 is 10.4 Å². The minimum atomic E-state index is -0.822. The van der Waals surface area contributed by atoms with E-state index >= 15 is 0 Å². The normalized spacial score (nSPS) is 16.4. The maximum Gasteiger partial charge on any atom is 0.304 e. The maximum absolute atomic E-state index is 11.9. The smallest absolute Gasteiger partial charge is 0.304 e. The second-order valence-electron chi connectivity index (χ2n) is 5.26. The molecular formula is C13H24N2O3. The molecular weight excluding hydrogens is 232 g/mol. The molecule has 1 amide bonds. The molecule has 104 valence electrons. The highest BCUT2D eigenvalue weighted by atomic mass is 16.4. The van der Waals surface area contributed by atoms with Gasteiger partial charge in [0.15, 0.2) is 0 Å². The van der Waals surface area contributed by atoms with Gasteiger partial charge in [-0.25, -0.2) is 0 Å². The fourth-order valence-corrected chi connectivity index (χ4v) is 2.29. The number of nitrogens with one attached hydrogen (secondary N) is 1. The van der Waals surface area contributed by atoms with Gasteiger partial charge in [-0.2, -0.15) is 0 Å². The van der Waals surface area contributed by atoms with Crippen LogP contribution in [0.1, 0.15) is 46.0 Å². The lowest BCUT2D eigenvalue weighted by Crippen LogP contribution is -2.44. The van der Waals surface area contributed by atoms with Crippen molar-refractivity contribution in [3.8, 4) is 0 Å². The van der Waals surface area contributed by atoms with Crippen molar-refractivity contribution >= 4 is 11.9 Å². The van der Waals surface area contributed by atoms with Crippen molar-refractivity contribution in [3.05, 3.63) is 0 Å². The number of carboxylic acids is 1. The lowest BCUT2D eigenvalue weighted by Gasteiger charge is -2.25. The zero-order valence-corrected chi connectivity index (χ0v) is 11.3. The first-order valence-corrected chi connectivity index (χ1v) is 6.74. The van der Waals surface area contributed by atoms with Crippen molar-refractivity contribution in [1.29, 1.82) is 0 Å². The molecule has 18 heavy (non-hydrogen) atoms. The van der Waals surface area contributed by atoms with Crippen LogP contribution in [0.2, 0.25) is 0 Å². The average Bonchev–Trinajstić information content (AvgIpc) is 2.76. The number of hydrogen-bond donors (Lipinski definition) is 2. The van der Waals surface area contributed by atoms with E-state index in [1.54, 1.807) is 0 Å². The Morgan fingerprint density at radius 2 is 1.94 bits per heavy atom. The molecule has 0 aromatic heterocycles. The van der Waals surface area contributed by atoms with Gasteiger partial charge in [0.25, 0.3) is 0 Å². The number of aliphatic carboxylic acids is 1. The summed E-state index contributed by atoms with van der Waals surface area (Å²) in [7, 11) is 0. The molecule has 1 fully saturated rings. The quantitative estimate of drug-likeness (QED) is 0.719. The number of carbonyl (C=O) groups is 2. The Morgan fingerprint density at radius 1 is 1.33 bits per heavy atom. The highest BCUT2D eigenvalue weighted by Crippen LogP contribution is 2.17. The largest absolute Gasteiger partial charge is 0.481 e. The molecule has 0 heterocycles. The predicted molar refractivity (Wildman–Crippen MR) is 69.4 cm³/mol. The molecule has 0 saturated heterocycles. The Balaban J connectivity index is 2.34. The van der Waals surface area contributed by atoms with Crippen molar-refractivity contribution in [1.82, 2.24) is 10.2 Å². The monoisotopic (exact) mass is 256 g/mol. The van der Waals surface area contributed by atoms with Crippen LogP contribution in [0.3, 0.4) is 0 Å². The summed E-state index contributed by atoms with van der Waals surface area (Å²) in [5.41, 5.74) is 0. The molecule has 5 heteroatoms. The molecule has 1 aliphatic carbocycles. The van der Waals surface area contributed by atoms with Crippen LogP contribution < -0.4 is 5.32 Å². The number of carbonyl (C=O) groups excluding carboxylic acids is 1. The van der Waals surface area contributed by atoms with Crippen molar-refractivity contribution in [3.63, 3.8) is 0 Å². The number of amides is 1. The van der Waals surface area contributed by atoms with Crippen LogP contribution >= 0.6 is 0 Å². The molecule has 2 N–H and O–H groups in total. The van der Waals surface area contributed by atoms with Gasteiger partial charge in [0.2, 0.25) is 5.91 Å². The average molecular weight is 256 g/mol. The van der Waals surface area contributed by atoms with E-state index in [1.807, 2.05) is 18.7 Å². The van der Waals surface area contributed by atoms with Gasteiger partial charge in [-0.3, -0.25) is 14.5 Å². The Morgan fingerprint density at radius 3 is 2.44 bits per heavy atom. The van der Waals surface area contributed by atoms with E-state index in [-0.39, 0.29) is 18.4 Å². The number of hydrogen-bond acceptors (Lipinski definition) is 3. The SMILES string of the molecule is CC(C)N(CCC(=O)O)CC(=O)NC1CCCC1. The fourth-order valence-electron chi connectivity index (χ4n) is 2.29. The first-order chi connectivity index (χ1) is 8.49. The summed E-state index contributed by atoms with van der Waals surface area (Å²) in [5, 5.41) is 11.7. The van der Waals surface area contributed by atoms with Crippen molar-refractivity contribution in [2.24, 2.45) is 0 Å². The minimum Gasteiger partial charge on any atom is -0.481 e. The number of rotatable bonds is 7. The summed E-state index contributed by atoms with van der Waals surface area (Å²) < 4.78 is 0. The lowest BCUT2D eigenvalue weighted by atomic mass is 10.2. The predicted octanol–water partition coefficient (Wildman–Crippen LogP) is 1.23. The van der Waals surface area contributed by atoms with Gasteiger partial charge >= 0.3 is 5.97 Å². The molecule has 0 radical (unpaired) electrons. The highest BCUT2D eigenvalue weighted by molar-refractivity contribution is 5.78. The highest BCUT2D eigenvalue weighted by Gasteiger charge is 2.20. The Labute approximate surface area is 109 Å². The van der Waals surface area contributed by atoms with Crippen molar-refractivity contribution in [2.45, 2.75) is 58.0 Å². The van der Waals surface area contributed by atoms with E-state index in [2.05, 4.69) is 5.32 Å². The van der Waals surface area contributed by atoms with Crippen LogP contribution in [0.15, 0.2) is 0 Å². The van der Waals surface area contributed by atoms with E-state index in [9.17, 15) is 9.59 Å². The summed E-state index contributed by atoms with van der Waals surface area (Å²) in [5.74, 6) is -0.808. The number of nitrogens with zero attached hydrogens (tertiary/aromatic N) is 1. The lowest BCUT2D eigenvalue weighted by molar-refractivity contribution is -0.138. The third-order valence-electron chi connectivity index (χ3n) is 3.41. The molecule has 0 aromatic rings. The maximum atomic E-state index is 11.9. The van der Waals surface area contributed by atoms with E-state index in [0.717, 1.165) is 12.8 Å². The Kier molecular flexibility index (Phi) is 6.12. The molecule has 0 atom stereocenters. The molecule has 0 spiro atoms. The summed E-state index contributed by atoms with van der Waals surface area (Å²) in [4.78, 5) is 24.3.